The Morgan fingerprint density at radius 1 is 1.22 bits per heavy atom. The van der Waals surface area contributed by atoms with Crippen LogP contribution in [-0.2, 0) is 11.3 Å². The van der Waals surface area contributed by atoms with Crippen LogP contribution < -0.4 is 10.2 Å². The van der Waals surface area contributed by atoms with Gasteiger partial charge in [0.15, 0.2) is 11.5 Å². The van der Waals surface area contributed by atoms with E-state index in [2.05, 4.69) is 10.2 Å². The highest BCUT2D eigenvalue weighted by atomic mass is 35.5. The predicted molar refractivity (Wildman–Crippen MR) is 125 cm³/mol. The van der Waals surface area contributed by atoms with Crippen molar-refractivity contribution in [3.05, 3.63) is 40.8 Å². The summed E-state index contributed by atoms with van der Waals surface area (Å²) in [7, 11) is 1.63. The molecule has 1 aromatic carbocycles. The number of ether oxygens (including phenoxy) is 1. The normalized spacial score (nSPS) is 14.2. The molecule has 1 aliphatic heterocycles. The maximum atomic E-state index is 12.3. The van der Waals surface area contributed by atoms with Gasteiger partial charge >= 0.3 is 6.03 Å². The molecule has 3 heterocycles. The van der Waals surface area contributed by atoms with E-state index < -0.39 is 0 Å². The van der Waals surface area contributed by atoms with Gasteiger partial charge in [-0.3, -0.25) is 0 Å². The summed E-state index contributed by atoms with van der Waals surface area (Å²) in [4.78, 5) is 25.9. The fourth-order valence-corrected chi connectivity index (χ4v) is 4.07. The molecule has 170 valence electrons. The molecule has 0 unspecified atom stereocenters. The number of amides is 2. The minimum atomic E-state index is -0.00985. The van der Waals surface area contributed by atoms with Crippen LogP contribution in [0, 0.1) is 6.92 Å². The van der Waals surface area contributed by atoms with E-state index in [0.717, 1.165) is 29.0 Å². The Labute approximate surface area is 192 Å². The topological polar surface area (TPSA) is 88.4 Å². The van der Waals surface area contributed by atoms with E-state index >= 15 is 0 Å². The highest BCUT2D eigenvalue weighted by Crippen LogP contribution is 2.30. The van der Waals surface area contributed by atoms with Gasteiger partial charge in [0.25, 0.3) is 0 Å². The van der Waals surface area contributed by atoms with Gasteiger partial charge in [-0.25, -0.2) is 19.4 Å². The lowest BCUT2D eigenvalue weighted by molar-refractivity contribution is 0.178. The number of methoxy groups -OCH3 is 1. The van der Waals surface area contributed by atoms with Crippen molar-refractivity contribution in [3.8, 4) is 5.69 Å². The van der Waals surface area contributed by atoms with E-state index in [1.165, 1.54) is 0 Å². The third-order valence-electron chi connectivity index (χ3n) is 5.45. The number of piperazine rings is 1. The smallest absolute Gasteiger partial charge is 0.317 e. The first kappa shape index (κ1) is 22.3. The number of nitrogens with zero attached hydrogens (tertiary/aromatic N) is 6. The Morgan fingerprint density at radius 2 is 2.00 bits per heavy atom. The molecule has 10 heteroatoms. The van der Waals surface area contributed by atoms with Gasteiger partial charge in [0.1, 0.15) is 12.4 Å². The molecule has 0 radical (unpaired) electrons. The summed E-state index contributed by atoms with van der Waals surface area (Å²) < 4.78 is 7.12. The highest BCUT2D eigenvalue weighted by Gasteiger charge is 2.26. The Morgan fingerprint density at radius 3 is 2.69 bits per heavy atom. The molecule has 0 spiro atoms. The monoisotopic (exact) mass is 457 g/mol. The average Bonchev–Trinajstić information content (AvgIpc) is 3.14. The van der Waals surface area contributed by atoms with Crippen molar-refractivity contribution in [1.29, 1.82) is 0 Å². The average molecular weight is 458 g/mol. The predicted octanol–water partition coefficient (Wildman–Crippen LogP) is 3.17. The molecule has 0 aliphatic carbocycles. The zero-order valence-electron chi connectivity index (χ0n) is 18.6. The van der Waals surface area contributed by atoms with Gasteiger partial charge in [-0.1, -0.05) is 24.6 Å². The number of fused-ring (bicyclic) bond motifs is 1. The third-order valence-corrected chi connectivity index (χ3v) is 5.68. The van der Waals surface area contributed by atoms with E-state index in [-0.39, 0.29) is 6.03 Å². The molecule has 9 nitrogen and oxygen atoms in total. The summed E-state index contributed by atoms with van der Waals surface area (Å²) in [5.74, 6) is 1.41. The Hall–Kier alpha value is -2.91. The van der Waals surface area contributed by atoms with Gasteiger partial charge in [-0.2, -0.15) is 5.10 Å². The minimum absolute atomic E-state index is 0.00985. The number of aromatic nitrogens is 4. The first-order valence-electron chi connectivity index (χ1n) is 10.8. The number of carbonyl (C=O) groups excluding carboxylic acids is 1. The molecule has 2 aromatic heterocycles. The second-order valence-electron chi connectivity index (χ2n) is 7.78. The van der Waals surface area contributed by atoms with Crippen molar-refractivity contribution in [2.75, 3.05) is 44.7 Å². The quantitative estimate of drug-likeness (QED) is 0.611. The van der Waals surface area contributed by atoms with Gasteiger partial charge in [-0.15, -0.1) is 0 Å². The van der Waals surface area contributed by atoms with E-state index in [1.807, 2.05) is 43.0 Å². The summed E-state index contributed by atoms with van der Waals surface area (Å²) in [5, 5.41) is 9.23. The maximum absolute atomic E-state index is 12.3. The van der Waals surface area contributed by atoms with Crippen molar-refractivity contribution in [2.24, 2.45) is 0 Å². The molecule has 0 saturated carbocycles. The Bertz CT molecular complexity index is 1110. The van der Waals surface area contributed by atoms with Crippen LogP contribution in [-0.4, -0.2) is 70.5 Å². The number of urea groups is 1. The summed E-state index contributed by atoms with van der Waals surface area (Å²) in [6.45, 7) is 7.60. The SMILES string of the molecule is CCCNC(=O)N1CCN(c2nc(COC)nc3c2c(C)nn3-c2cccc(Cl)c2)CC1. The summed E-state index contributed by atoms with van der Waals surface area (Å²) >= 11 is 6.22. The van der Waals surface area contributed by atoms with E-state index in [1.54, 1.807) is 11.8 Å². The van der Waals surface area contributed by atoms with Crippen LogP contribution in [0.25, 0.3) is 16.7 Å². The second kappa shape index (κ2) is 9.70. The molecular weight excluding hydrogens is 430 g/mol. The largest absolute Gasteiger partial charge is 0.377 e. The van der Waals surface area contributed by atoms with E-state index in [0.29, 0.717) is 55.8 Å². The summed E-state index contributed by atoms with van der Waals surface area (Å²) in [6.07, 6.45) is 0.919. The van der Waals surface area contributed by atoms with Crippen LogP contribution in [0.15, 0.2) is 24.3 Å². The molecule has 1 N–H and O–H groups in total. The fourth-order valence-electron chi connectivity index (χ4n) is 3.88. The molecule has 32 heavy (non-hydrogen) atoms. The van der Waals surface area contributed by atoms with Gasteiger partial charge in [-0.05, 0) is 31.5 Å². The van der Waals surface area contributed by atoms with Crippen molar-refractivity contribution in [2.45, 2.75) is 26.9 Å². The minimum Gasteiger partial charge on any atom is -0.377 e. The number of halogens is 1. The number of aryl methyl sites for hydroxylation is 1. The van der Waals surface area contributed by atoms with Gasteiger partial charge in [0, 0.05) is 44.9 Å². The van der Waals surface area contributed by atoms with Crippen LogP contribution in [0.2, 0.25) is 5.02 Å². The Balaban J connectivity index is 1.70. The lowest BCUT2D eigenvalue weighted by Crippen LogP contribution is -2.52. The van der Waals surface area contributed by atoms with Crippen LogP contribution >= 0.6 is 11.6 Å². The van der Waals surface area contributed by atoms with Crippen molar-refractivity contribution in [1.82, 2.24) is 30.0 Å². The van der Waals surface area contributed by atoms with Gasteiger partial charge < -0.3 is 19.9 Å². The number of benzene rings is 1. The third kappa shape index (κ3) is 4.49. The number of anilines is 1. The standard InChI is InChI=1S/C22H28ClN7O2/c1-4-8-24-22(31)29-11-9-28(10-12-29)20-19-15(2)27-30(17-7-5-6-16(23)13-17)21(19)26-18(25-20)14-32-3/h5-7,13H,4,8-12,14H2,1-3H3,(H,24,31). The molecule has 0 bridgehead atoms. The van der Waals surface area contributed by atoms with Crippen LogP contribution in [0.4, 0.5) is 10.6 Å². The van der Waals surface area contributed by atoms with E-state index in [4.69, 9.17) is 31.4 Å². The fraction of sp³-hybridized carbons (Fsp3) is 0.455. The molecular formula is C22H28ClN7O2. The zero-order valence-corrected chi connectivity index (χ0v) is 19.4. The second-order valence-corrected chi connectivity index (χ2v) is 8.21. The summed E-state index contributed by atoms with van der Waals surface area (Å²) in [5.41, 5.74) is 2.38. The molecule has 1 saturated heterocycles. The Kier molecular flexibility index (Phi) is 6.76. The van der Waals surface area contributed by atoms with Crippen molar-refractivity contribution in [3.63, 3.8) is 0 Å². The number of carbonyl (C=O) groups is 1. The lowest BCUT2D eigenvalue weighted by atomic mass is 10.2. The molecule has 4 rings (SSSR count). The number of nitrogens with one attached hydrogen (secondary N) is 1. The van der Waals surface area contributed by atoms with Crippen LogP contribution in [0.1, 0.15) is 24.9 Å². The molecule has 1 fully saturated rings. The first-order valence-corrected chi connectivity index (χ1v) is 11.2. The van der Waals surface area contributed by atoms with Crippen LogP contribution in [0.5, 0.6) is 0 Å². The van der Waals surface area contributed by atoms with Gasteiger partial charge in [0.2, 0.25) is 0 Å². The first-order chi connectivity index (χ1) is 15.5. The van der Waals surface area contributed by atoms with Crippen molar-refractivity contribution >= 4 is 34.5 Å². The van der Waals surface area contributed by atoms with E-state index in [9.17, 15) is 4.79 Å². The van der Waals surface area contributed by atoms with Gasteiger partial charge in [0.05, 0.1) is 16.8 Å². The van der Waals surface area contributed by atoms with Crippen LogP contribution in [0.3, 0.4) is 0 Å². The highest BCUT2D eigenvalue weighted by molar-refractivity contribution is 6.30. The molecule has 0 atom stereocenters. The number of hydrogen-bond donors (Lipinski definition) is 1. The number of rotatable bonds is 6. The lowest BCUT2D eigenvalue weighted by Gasteiger charge is -2.35. The molecule has 1 aliphatic rings. The molecule has 3 aromatic rings. The molecule has 2 amide bonds. The maximum Gasteiger partial charge on any atom is 0.317 e. The van der Waals surface area contributed by atoms with Crippen molar-refractivity contribution < 1.29 is 9.53 Å². The zero-order chi connectivity index (χ0) is 22.7. The number of hydrogen-bond acceptors (Lipinski definition) is 6. The summed E-state index contributed by atoms with van der Waals surface area (Å²) in [6, 6.07) is 7.52.